The van der Waals surface area contributed by atoms with E-state index in [2.05, 4.69) is 23.2 Å². The standard InChI is InChI=1S/C16H23N3/c1-14-6-9-19(10-7-14)11-8-18-13-16-4-2-15(12-17)3-5-16/h2-5,14,18H,6-11,13H2,1H3. The van der Waals surface area contributed by atoms with E-state index < -0.39 is 0 Å². The van der Waals surface area contributed by atoms with E-state index in [9.17, 15) is 0 Å². The van der Waals surface area contributed by atoms with Gasteiger partial charge in [-0.1, -0.05) is 19.1 Å². The minimum absolute atomic E-state index is 0.728. The fourth-order valence-electron chi connectivity index (χ4n) is 2.45. The third kappa shape index (κ3) is 4.66. The van der Waals surface area contributed by atoms with Gasteiger partial charge in [0.05, 0.1) is 11.6 Å². The predicted octanol–water partition coefficient (Wildman–Crippen LogP) is 2.38. The smallest absolute Gasteiger partial charge is 0.0991 e. The van der Waals surface area contributed by atoms with E-state index in [0.717, 1.165) is 31.1 Å². The van der Waals surface area contributed by atoms with E-state index in [1.165, 1.54) is 31.5 Å². The molecule has 1 heterocycles. The van der Waals surface area contributed by atoms with Crippen LogP contribution in [0.1, 0.15) is 30.9 Å². The lowest BCUT2D eigenvalue weighted by Crippen LogP contribution is -2.37. The summed E-state index contributed by atoms with van der Waals surface area (Å²) < 4.78 is 0. The number of hydrogen-bond acceptors (Lipinski definition) is 3. The first-order valence-electron chi connectivity index (χ1n) is 7.20. The molecular weight excluding hydrogens is 234 g/mol. The molecule has 1 aliphatic heterocycles. The first kappa shape index (κ1) is 14.0. The van der Waals surface area contributed by atoms with Crippen LogP contribution in [0.4, 0.5) is 0 Å². The summed E-state index contributed by atoms with van der Waals surface area (Å²) in [4.78, 5) is 2.55. The molecule has 1 fully saturated rings. The number of piperidine rings is 1. The maximum absolute atomic E-state index is 8.73. The number of benzene rings is 1. The van der Waals surface area contributed by atoms with Crippen LogP contribution in [0.25, 0.3) is 0 Å². The molecule has 1 aromatic rings. The lowest BCUT2D eigenvalue weighted by Gasteiger charge is -2.30. The molecule has 0 atom stereocenters. The largest absolute Gasteiger partial charge is 0.311 e. The fraction of sp³-hybridized carbons (Fsp3) is 0.562. The quantitative estimate of drug-likeness (QED) is 0.823. The minimum atomic E-state index is 0.728. The normalized spacial score (nSPS) is 17.3. The van der Waals surface area contributed by atoms with E-state index in [-0.39, 0.29) is 0 Å². The molecule has 1 aromatic carbocycles. The second-order valence-corrected chi connectivity index (χ2v) is 5.51. The molecule has 0 aromatic heterocycles. The summed E-state index contributed by atoms with van der Waals surface area (Å²) in [7, 11) is 0. The molecule has 2 rings (SSSR count). The molecule has 0 saturated carbocycles. The number of rotatable bonds is 5. The lowest BCUT2D eigenvalue weighted by molar-refractivity contribution is 0.193. The summed E-state index contributed by atoms with van der Waals surface area (Å²) in [6.45, 7) is 7.91. The van der Waals surface area contributed by atoms with Crippen molar-refractivity contribution in [3.63, 3.8) is 0 Å². The molecule has 3 heteroatoms. The molecule has 19 heavy (non-hydrogen) atoms. The van der Waals surface area contributed by atoms with Gasteiger partial charge in [0.25, 0.3) is 0 Å². The highest BCUT2D eigenvalue weighted by molar-refractivity contribution is 5.31. The van der Waals surface area contributed by atoms with E-state index >= 15 is 0 Å². The first-order valence-corrected chi connectivity index (χ1v) is 7.20. The maximum atomic E-state index is 8.73. The van der Waals surface area contributed by atoms with Crippen LogP contribution in [0.3, 0.4) is 0 Å². The van der Waals surface area contributed by atoms with E-state index in [0.29, 0.717) is 0 Å². The number of hydrogen-bond donors (Lipinski definition) is 1. The molecule has 0 unspecified atom stereocenters. The first-order chi connectivity index (χ1) is 9.28. The van der Waals surface area contributed by atoms with Crippen molar-refractivity contribution in [3.05, 3.63) is 35.4 Å². The second-order valence-electron chi connectivity index (χ2n) is 5.51. The molecule has 0 spiro atoms. The molecule has 102 valence electrons. The van der Waals surface area contributed by atoms with Gasteiger partial charge in [0.2, 0.25) is 0 Å². The van der Waals surface area contributed by atoms with Crippen molar-refractivity contribution in [3.8, 4) is 6.07 Å². The van der Waals surface area contributed by atoms with E-state index in [4.69, 9.17) is 5.26 Å². The van der Waals surface area contributed by atoms with Crippen LogP contribution in [-0.4, -0.2) is 31.1 Å². The van der Waals surface area contributed by atoms with Gasteiger partial charge in [-0.2, -0.15) is 5.26 Å². The van der Waals surface area contributed by atoms with Gasteiger partial charge < -0.3 is 10.2 Å². The van der Waals surface area contributed by atoms with Gasteiger partial charge in [-0.05, 0) is 49.5 Å². The third-order valence-electron chi connectivity index (χ3n) is 3.89. The zero-order valence-electron chi connectivity index (χ0n) is 11.7. The Morgan fingerprint density at radius 1 is 1.26 bits per heavy atom. The van der Waals surface area contributed by atoms with Gasteiger partial charge in [0.1, 0.15) is 0 Å². The monoisotopic (exact) mass is 257 g/mol. The highest BCUT2D eigenvalue weighted by atomic mass is 15.1. The van der Waals surface area contributed by atoms with Crippen LogP contribution < -0.4 is 5.32 Å². The van der Waals surface area contributed by atoms with Crippen molar-refractivity contribution < 1.29 is 0 Å². The van der Waals surface area contributed by atoms with Crippen LogP contribution in [0.5, 0.6) is 0 Å². The van der Waals surface area contributed by atoms with Crippen molar-refractivity contribution >= 4 is 0 Å². The van der Waals surface area contributed by atoms with Crippen molar-refractivity contribution in [2.75, 3.05) is 26.2 Å². The Bertz CT molecular complexity index is 411. The summed E-state index contributed by atoms with van der Waals surface area (Å²) in [6, 6.07) is 9.94. The van der Waals surface area contributed by atoms with Crippen LogP contribution >= 0.6 is 0 Å². The second kappa shape index (κ2) is 7.28. The van der Waals surface area contributed by atoms with Gasteiger partial charge in [0, 0.05) is 19.6 Å². The lowest BCUT2D eigenvalue weighted by atomic mass is 9.99. The van der Waals surface area contributed by atoms with Gasteiger partial charge in [-0.25, -0.2) is 0 Å². The van der Waals surface area contributed by atoms with Gasteiger partial charge in [-0.15, -0.1) is 0 Å². The summed E-state index contributed by atoms with van der Waals surface area (Å²) in [6.07, 6.45) is 2.69. The van der Waals surface area contributed by atoms with Gasteiger partial charge >= 0.3 is 0 Å². The number of nitrogens with one attached hydrogen (secondary N) is 1. The fourth-order valence-corrected chi connectivity index (χ4v) is 2.45. The SMILES string of the molecule is CC1CCN(CCNCc2ccc(C#N)cc2)CC1. The number of nitrogens with zero attached hydrogens (tertiary/aromatic N) is 2. The summed E-state index contributed by atoms with van der Waals surface area (Å²) >= 11 is 0. The molecule has 3 nitrogen and oxygen atoms in total. The van der Waals surface area contributed by atoms with Gasteiger partial charge in [-0.3, -0.25) is 0 Å². The molecular formula is C16H23N3. The Morgan fingerprint density at radius 2 is 1.95 bits per heavy atom. The molecule has 1 N–H and O–H groups in total. The minimum Gasteiger partial charge on any atom is -0.311 e. The highest BCUT2D eigenvalue weighted by Crippen LogP contribution is 2.15. The molecule has 0 radical (unpaired) electrons. The summed E-state index contributed by atoms with van der Waals surface area (Å²) in [5.74, 6) is 0.905. The highest BCUT2D eigenvalue weighted by Gasteiger charge is 2.14. The Balaban J connectivity index is 1.62. The van der Waals surface area contributed by atoms with Crippen LogP contribution in [0.2, 0.25) is 0 Å². The predicted molar refractivity (Wildman–Crippen MR) is 77.7 cm³/mol. The molecule has 1 saturated heterocycles. The van der Waals surface area contributed by atoms with Gasteiger partial charge in [0.15, 0.2) is 0 Å². The third-order valence-corrected chi connectivity index (χ3v) is 3.89. The van der Waals surface area contributed by atoms with Crippen molar-refractivity contribution in [1.82, 2.24) is 10.2 Å². The molecule has 0 amide bonds. The molecule has 1 aliphatic rings. The summed E-state index contributed by atoms with van der Waals surface area (Å²) in [5, 5.41) is 12.2. The Morgan fingerprint density at radius 3 is 2.58 bits per heavy atom. The van der Waals surface area contributed by atoms with E-state index in [1.807, 2.05) is 24.3 Å². The van der Waals surface area contributed by atoms with Crippen LogP contribution in [0.15, 0.2) is 24.3 Å². The zero-order valence-corrected chi connectivity index (χ0v) is 11.7. The Kier molecular flexibility index (Phi) is 5.38. The number of likely N-dealkylation sites (tertiary alicyclic amines) is 1. The van der Waals surface area contributed by atoms with Crippen LogP contribution in [0, 0.1) is 17.2 Å². The van der Waals surface area contributed by atoms with E-state index in [1.54, 1.807) is 0 Å². The maximum Gasteiger partial charge on any atom is 0.0991 e. The Labute approximate surface area is 116 Å². The summed E-state index contributed by atoms with van der Waals surface area (Å²) in [5.41, 5.74) is 1.97. The Hall–Kier alpha value is -1.37. The molecule has 0 aliphatic carbocycles. The van der Waals surface area contributed by atoms with Crippen molar-refractivity contribution in [2.24, 2.45) is 5.92 Å². The van der Waals surface area contributed by atoms with Crippen molar-refractivity contribution in [2.45, 2.75) is 26.3 Å². The number of nitriles is 1. The zero-order chi connectivity index (χ0) is 13.5. The average molecular weight is 257 g/mol. The molecule has 0 bridgehead atoms. The average Bonchev–Trinajstić information content (AvgIpc) is 2.46. The van der Waals surface area contributed by atoms with Crippen LogP contribution in [-0.2, 0) is 6.54 Å². The van der Waals surface area contributed by atoms with Crippen molar-refractivity contribution in [1.29, 1.82) is 5.26 Å². The topological polar surface area (TPSA) is 39.1 Å².